The zero-order valence-corrected chi connectivity index (χ0v) is 16.0. The van der Waals surface area contributed by atoms with Gasteiger partial charge in [0.05, 0.1) is 0 Å². The Hall–Kier alpha value is -2.10. The van der Waals surface area contributed by atoms with E-state index in [9.17, 15) is 9.59 Å². The average molecular weight is 355 g/mol. The van der Waals surface area contributed by atoms with Gasteiger partial charge in [-0.3, -0.25) is 9.69 Å². The fourth-order valence-electron chi connectivity index (χ4n) is 4.28. The van der Waals surface area contributed by atoms with Crippen molar-refractivity contribution in [3.63, 3.8) is 0 Å². The maximum atomic E-state index is 12.6. The maximum Gasteiger partial charge on any atom is 0.414 e. The number of carbonyl (C=O) groups excluding carboxylic acids is 2. The minimum Gasteiger partial charge on any atom is -0.446 e. The van der Waals surface area contributed by atoms with Crippen molar-refractivity contribution >= 4 is 11.9 Å². The molecule has 0 radical (unpaired) electrons. The van der Waals surface area contributed by atoms with Gasteiger partial charge in [0.2, 0.25) is 0 Å². The molecule has 1 heterocycles. The molecular weight excluding hydrogens is 326 g/mol. The van der Waals surface area contributed by atoms with Crippen LogP contribution < -0.4 is 0 Å². The smallest absolute Gasteiger partial charge is 0.414 e. The number of benzene rings is 1. The number of rotatable bonds is 3. The third kappa shape index (κ3) is 4.00. The van der Waals surface area contributed by atoms with E-state index in [0.29, 0.717) is 18.9 Å². The van der Waals surface area contributed by atoms with Crippen LogP contribution in [0.2, 0.25) is 0 Å². The third-order valence-corrected chi connectivity index (χ3v) is 6.02. The first kappa shape index (κ1) is 18.7. The van der Waals surface area contributed by atoms with E-state index in [4.69, 9.17) is 4.74 Å². The van der Waals surface area contributed by atoms with Gasteiger partial charge in [-0.05, 0) is 35.8 Å². The van der Waals surface area contributed by atoms with E-state index in [1.54, 1.807) is 6.20 Å². The van der Waals surface area contributed by atoms with Crippen LogP contribution in [0.4, 0.5) is 4.79 Å². The quantitative estimate of drug-likeness (QED) is 0.790. The second-order valence-corrected chi connectivity index (χ2v) is 8.26. The van der Waals surface area contributed by atoms with Gasteiger partial charge in [0.1, 0.15) is 6.10 Å². The van der Waals surface area contributed by atoms with E-state index >= 15 is 0 Å². The van der Waals surface area contributed by atoms with Crippen molar-refractivity contribution in [2.45, 2.75) is 58.0 Å². The summed E-state index contributed by atoms with van der Waals surface area (Å²) < 4.78 is 5.98. The number of ketones is 1. The highest BCUT2D eigenvalue weighted by Crippen LogP contribution is 2.43. The van der Waals surface area contributed by atoms with Crippen LogP contribution in [0.1, 0.15) is 52.0 Å². The normalized spacial score (nSPS) is 26.7. The van der Waals surface area contributed by atoms with Crippen molar-refractivity contribution in [2.75, 3.05) is 6.54 Å². The Bertz CT molecular complexity index is 680. The Morgan fingerprint density at radius 1 is 1.19 bits per heavy atom. The zero-order chi connectivity index (χ0) is 18.7. The SMILES string of the molecule is C[C@@H]1CC[C@@H](C(C)(C)c2ccccc2)[C@H](OC(=O)N2C=CC(=O)CC2)C1. The molecule has 0 N–H and O–H groups in total. The van der Waals surface area contributed by atoms with Crippen LogP contribution in [0.3, 0.4) is 0 Å². The summed E-state index contributed by atoms with van der Waals surface area (Å²) in [5.74, 6) is 0.887. The molecule has 3 atom stereocenters. The topological polar surface area (TPSA) is 46.6 Å². The molecule has 0 saturated heterocycles. The van der Waals surface area contributed by atoms with E-state index in [1.165, 1.54) is 16.5 Å². The zero-order valence-electron chi connectivity index (χ0n) is 16.0. The standard InChI is InChI=1S/C22H29NO3/c1-16-9-10-19(22(2,3)17-7-5-4-6-8-17)20(15-16)26-21(25)23-13-11-18(24)12-14-23/h4-8,11,13,16,19-20H,9-10,12,14-15H2,1-3H3/t16-,19-,20-/m1/s1. The highest BCUT2D eigenvalue weighted by atomic mass is 16.6. The fourth-order valence-corrected chi connectivity index (χ4v) is 4.28. The molecular formula is C22H29NO3. The van der Waals surface area contributed by atoms with Gasteiger partial charge in [0, 0.05) is 25.1 Å². The predicted molar refractivity (Wildman–Crippen MR) is 102 cm³/mol. The second kappa shape index (κ2) is 7.65. The Morgan fingerprint density at radius 3 is 2.58 bits per heavy atom. The molecule has 26 heavy (non-hydrogen) atoms. The summed E-state index contributed by atoms with van der Waals surface area (Å²) in [5.41, 5.74) is 1.21. The summed E-state index contributed by atoms with van der Waals surface area (Å²) in [7, 11) is 0. The molecule has 1 saturated carbocycles. The maximum absolute atomic E-state index is 12.6. The minimum atomic E-state index is -0.332. The average Bonchev–Trinajstić information content (AvgIpc) is 2.63. The molecule has 3 rings (SSSR count). The molecule has 0 bridgehead atoms. The molecule has 1 aliphatic carbocycles. The van der Waals surface area contributed by atoms with Gasteiger partial charge in [-0.1, -0.05) is 57.5 Å². The summed E-state index contributed by atoms with van der Waals surface area (Å²) >= 11 is 0. The van der Waals surface area contributed by atoms with Gasteiger partial charge in [-0.15, -0.1) is 0 Å². The largest absolute Gasteiger partial charge is 0.446 e. The molecule has 1 fully saturated rings. The first-order valence-corrected chi connectivity index (χ1v) is 9.61. The van der Waals surface area contributed by atoms with Crippen LogP contribution >= 0.6 is 0 Å². The van der Waals surface area contributed by atoms with Crippen molar-refractivity contribution < 1.29 is 14.3 Å². The Balaban J connectivity index is 1.77. The van der Waals surface area contributed by atoms with Gasteiger partial charge in [-0.25, -0.2) is 4.79 Å². The van der Waals surface area contributed by atoms with Crippen LogP contribution in [-0.4, -0.2) is 29.4 Å². The second-order valence-electron chi connectivity index (χ2n) is 8.26. The Morgan fingerprint density at radius 2 is 1.92 bits per heavy atom. The number of nitrogens with zero attached hydrogens (tertiary/aromatic N) is 1. The lowest BCUT2D eigenvalue weighted by molar-refractivity contribution is -0.115. The van der Waals surface area contributed by atoms with Crippen molar-refractivity contribution in [3.05, 3.63) is 48.2 Å². The molecule has 140 valence electrons. The van der Waals surface area contributed by atoms with Gasteiger partial charge in [-0.2, -0.15) is 0 Å². The van der Waals surface area contributed by atoms with E-state index in [-0.39, 0.29) is 29.3 Å². The monoisotopic (exact) mass is 355 g/mol. The van der Waals surface area contributed by atoms with E-state index < -0.39 is 0 Å². The van der Waals surface area contributed by atoms with Crippen LogP contribution in [-0.2, 0) is 14.9 Å². The number of hydrogen-bond acceptors (Lipinski definition) is 3. The van der Waals surface area contributed by atoms with E-state index in [1.807, 2.05) is 6.07 Å². The Kier molecular flexibility index (Phi) is 5.49. The summed E-state index contributed by atoms with van der Waals surface area (Å²) in [6, 6.07) is 10.5. The molecule has 0 spiro atoms. The number of hydrogen-bond donors (Lipinski definition) is 0. The molecule has 0 unspecified atom stereocenters. The molecule has 2 aliphatic rings. The van der Waals surface area contributed by atoms with E-state index in [2.05, 4.69) is 45.0 Å². The van der Waals surface area contributed by atoms with Crippen molar-refractivity contribution in [1.82, 2.24) is 4.90 Å². The minimum absolute atomic E-state index is 0.0587. The first-order chi connectivity index (χ1) is 12.4. The molecule has 1 aromatic rings. The number of amides is 1. The van der Waals surface area contributed by atoms with Crippen LogP contribution in [0.25, 0.3) is 0 Å². The number of ether oxygens (including phenoxy) is 1. The highest BCUT2D eigenvalue weighted by molar-refractivity contribution is 5.91. The lowest BCUT2D eigenvalue weighted by Crippen LogP contribution is -2.45. The summed E-state index contributed by atoms with van der Waals surface area (Å²) in [6.07, 6.45) is 6.04. The van der Waals surface area contributed by atoms with Gasteiger partial charge < -0.3 is 4.74 Å². The molecule has 4 heteroatoms. The van der Waals surface area contributed by atoms with Crippen molar-refractivity contribution in [2.24, 2.45) is 11.8 Å². The van der Waals surface area contributed by atoms with Crippen molar-refractivity contribution in [1.29, 1.82) is 0 Å². The molecule has 1 aromatic carbocycles. The first-order valence-electron chi connectivity index (χ1n) is 9.61. The predicted octanol–water partition coefficient (Wildman–Crippen LogP) is 4.69. The molecule has 4 nitrogen and oxygen atoms in total. The third-order valence-electron chi connectivity index (χ3n) is 6.02. The fraction of sp³-hybridized carbons (Fsp3) is 0.545. The summed E-state index contributed by atoms with van der Waals surface area (Å²) in [6.45, 7) is 7.14. The number of carbonyl (C=O) groups is 2. The van der Waals surface area contributed by atoms with Crippen molar-refractivity contribution in [3.8, 4) is 0 Å². The van der Waals surface area contributed by atoms with E-state index in [0.717, 1.165) is 19.3 Å². The lowest BCUT2D eigenvalue weighted by Gasteiger charge is -2.44. The molecule has 1 aliphatic heterocycles. The van der Waals surface area contributed by atoms with Gasteiger partial charge >= 0.3 is 6.09 Å². The van der Waals surface area contributed by atoms with Gasteiger partial charge in [0.25, 0.3) is 0 Å². The Labute approximate surface area is 156 Å². The number of allylic oxidation sites excluding steroid dienone is 1. The van der Waals surface area contributed by atoms with Crippen LogP contribution in [0.15, 0.2) is 42.6 Å². The van der Waals surface area contributed by atoms with Crippen LogP contribution in [0.5, 0.6) is 0 Å². The summed E-state index contributed by atoms with van der Waals surface area (Å²) in [4.78, 5) is 25.5. The highest BCUT2D eigenvalue weighted by Gasteiger charge is 2.42. The van der Waals surface area contributed by atoms with Gasteiger partial charge in [0.15, 0.2) is 5.78 Å². The lowest BCUT2D eigenvalue weighted by atomic mass is 9.64. The molecule has 1 amide bonds. The van der Waals surface area contributed by atoms with Crippen LogP contribution in [0, 0.1) is 11.8 Å². The molecule has 0 aromatic heterocycles. The summed E-state index contributed by atoms with van der Waals surface area (Å²) in [5, 5.41) is 0.